The van der Waals surface area contributed by atoms with E-state index in [-0.39, 0.29) is 0 Å². The SMILES string of the molecule is CN(C)C(=O)Oc1noc(-c2cnccc2C(F)(F)F)n1. The van der Waals surface area contributed by atoms with Gasteiger partial charge in [0.1, 0.15) is 0 Å². The van der Waals surface area contributed by atoms with Crippen molar-refractivity contribution in [1.29, 1.82) is 0 Å². The second-order valence-corrected chi connectivity index (χ2v) is 4.06. The fourth-order valence-corrected chi connectivity index (χ4v) is 1.34. The van der Waals surface area contributed by atoms with Crippen molar-refractivity contribution in [1.82, 2.24) is 20.0 Å². The fourth-order valence-electron chi connectivity index (χ4n) is 1.34. The molecule has 0 unspecified atom stereocenters. The molecule has 2 aromatic rings. The summed E-state index contributed by atoms with van der Waals surface area (Å²) in [5.74, 6) is -0.447. The summed E-state index contributed by atoms with van der Waals surface area (Å²) < 4.78 is 47.9. The van der Waals surface area contributed by atoms with Crippen molar-refractivity contribution in [2.45, 2.75) is 6.18 Å². The summed E-state index contributed by atoms with van der Waals surface area (Å²) >= 11 is 0. The summed E-state index contributed by atoms with van der Waals surface area (Å²) in [4.78, 5) is 19.6. The van der Waals surface area contributed by atoms with Gasteiger partial charge in [-0.1, -0.05) is 0 Å². The summed E-state index contributed by atoms with van der Waals surface area (Å²) in [6.07, 6.45) is -3.46. The van der Waals surface area contributed by atoms with Crippen LogP contribution in [0.4, 0.5) is 18.0 Å². The number of hydrogen-bond donors (Lipinski definition) is 0. The summed E-state index contributed by atoms with van der Waals surface area (Å²) in [5.41, 5.74) is -1.38. The molecule has 0 atom stereocenters. The molecule has 2 rings (SSSR count). The van der Waals surface area contributed by atoms with E-state index in [0.29, 0.717) is 0 Å². The molecule has 21 heavy (non-hydrogen) atoms. The Morgan fingerprint density at radius 3 is 2.71 bits per heavy atom. The maximum Gasteiger partial charge on any atom is 0.417 e. The molecule has 0 aromatic carbocycles. The van der Waals surface area contributed by atoms with Crippen LogP contribution >= 0.6 is 0 Å². The van der Waals surface area contributed by atoms with Crippen LogP contribution < -0.4 is 4.74 Å². The lowest BCUT2D eigenvalue weighted by molar-refractivity contribution is -0.137. The normalized spacial score (nSPS) is 11.3. The summed E-state index contributed by atoms with van der Waals surface area (Å²) in [6, 6.07) is 0.297. The zero-order valence-electron chi connectivity index (χ0n) is 10.9. The van der Waals surface area contributed by atoms with Crippen molar-refractivity contribution >= 4 is 6.09 Å². The van der Waals surface area contributed by atoms with Crippen LogP contribution in [-0.2, 0) is 6.18 Å². The Kier molecular flexibility index (Phi) is 3.78. The van der Waals surface area contributed by atoms with E-state index in [1.54, 1.807) is 0 Å². The first-order valence-electron chi connectivity index (χ1n) is 5.53. The third-order valence-electron chi connectivity index (χ3n) is 2.31. The number of hydrogen-bond acceptors (Lipinski definition) is 6. The standard InChI is InChI=1S/C11H9F3N4O3/c1-18(2)10(19)20-9-16-8(21-17-9)6-5-15-4-3-7(6)11(12,13)14/h3-5H,1-2H3. The topological polar surface area (TPSA) is 81.4 Å². The molecule has 10 heteroatoms. The van der Waals surface area contributed by atoms with Crippen LogP contribution in [0.1, 0.15) is 5.56 Å². The largest absolute Gasteiger partial charge is 0.417 e. The van der Waals surface area contributed by atoms with Crippen LogP contribution in [0.25, 0.3) is 11.5 Å². The molecule has 112 valence electrons. The molecule has 0 bridgehead atoms. The number of pyridine rings is 1. The fraction of sp³-hybridized carbons (Fsp3) is 0.273. The quantitative estimate of drug-likeness (QED) is 0.846. The zero-order chi connectivity index (χ0) is 15.6. The highest BCUT2D eigenvalue weighted by atomic mass is 19.4. The maximum atomic E-state index is 12.8. The number of ether oxygens (including phenoxy) is 1. The van der Waals surface area contributed by atoms with E-state index in [1.165, 1.54) is 14.1 Å². The number of aromatic nitrogens is 3. The molecule has 0 radical (unpaired) electrons. The first kappa shape index (κ1) is 14.8. The van der Waals surface area contributed by atoms with E-state index < -0.39 is 35.3 Å². The van der Waals surface area contributed by atoms with E-state index >= 15 is 0 Å². The van der Waals surface area contributed by atoms with Crippen LogP contribution in [0.15, 0.2) is 23.0 Å². The third-order valence-corrected chi connectivity index (χ3v) is 2.31. The van der Waals surface area contributed by atoms with Crippen molar-refractivity contribution in [2.24, 2.45) is 0 Å². The second-order valence-electron chi connectivity index (χ2n) is 4.06. The minimum Gasteiger partial charge on any atom is -0.372 e. The smallest absolute Gasteiger partial charge is 0.372 e. The molecule has 0 aliphatic carbocycles. The second kappa shape index (κ2) is 5.38. The highest BCUT2D eigenvalue weighted by Crippen LogP contribution is 2.36. The van der Waals surface area contributed by atoms with Gasteiger partial charge >= 0.3 is 18.3 Å². The van der Waals surface area contributed by atoms with Gasteiger partial charge in [-0.15, -0.1) is 0 Å². The van der Waals surface area contributed by atoms with Gasteiger partial charge in [-0.05, 0) is 11.2 Å². The Labute approximate surface area is 116 Å². The molecule has 2 heterocycles. The Bertz CT molecular complexity index is 654. The lowest BCUT2D eigenvalue weighted by Gasteiger charge is -2.08. The minimum atomic E-state index is -4.60. The first-order chi connectivity index (χ1) is 9.79. The Hall–Kier alpha value is -2.65. The van der Waals surface area contributed by atoms with E-state index in [0.717, 1.165) is 23.4 Å². The molecule has 0 saturated heterocycles. The molecule has 0 spiro atoms. The lowest BCUT2D eigenvalue weighted by Crippen LogP contribution is -2.25. The summed E-state index contributed by atoms with van der Waals surface area (Å²) in [6.45, 7) is 0. The minimum absolute atomic E-state index is 0.398. The summed E-state index contributed by atoms with van der Waals surface area (Å²) in [5, 5.41) is 3.29. The molecular formula is C11H9F3N4O3. The average Bonchev–Trinajstić information content (AvgIpc) is 2.86. The molecule has 1 amide bonds. The summed E-state index contributed by atoms with van der Waals surface area (Å²) in [7, 11) is 2.85. The van der Waals surface area contributed by atoms with Crippen molar-refractivity contribution < 1.29 is 27.2 Å². The zero-order valence-corrected chi connectivity index (χ0v) is 10.9. The van der Waals surface area contributed by atoms with Crippen molar-refractivity contribution in [3.8, 4) is 17.5 Å². The number of rotatable bonds is 2. The predicted molar refractivity (Wildman–Crippen MR) is 62.2 cm³/mol. The highest BCUT2D eigenvalue weighted by molar-refractivity contribution is 5.69. The van der Waals surface area contributed by atoms with Gasteiger partial charge in [-0.25, -0.2) is 4.79 Å². The van der Waals surface area contributed by atoms with Gasteiger partial charge < -0.3 is 14.2 Å². The van der Waals surface area contributed by atoms with Crippen LogP contribution in [-0.4, -0.2) is 40.2 Å². The lowest BCUT2D eigenvalue weighted by atomic mass is 10.1. The predicted octanol–water partition coefficient (Wildman–Crippen LogP) is 2.21. The molecule has 2 aromatic heterocycles. The molecule has 0 fully saturated rings. The Balaban J connectivity index is 2.33. The van der Waals surface area contributed by atoms with Crippen LogP contribution in [0.2, 0.25) is 0 Å². The number of halogens is 3. The van der Waals surface area contributed by atoms with Gasteiger partial charge in [-0.2, -0.15) is 18.2 Å². The van der Waals surface area contributed by atoms with Gasteiger partial charge in [0.05, 0.1) is 11.1 Å². The van der Waals surface area contributed by atoms with E-state index in [1.807, 2.05) is 0 Å². The van der Waals surface area contributed by atoms with Gasteiger partial charge in [0.2, 0.25) is 0 Å². The highest BCUT2D eigenvalue weighted by Gasteiger charge is 2.35. The van der Waals surface area contributed by atoms with Crippen LogP contribution in [0.3, 0.4) is 0 Å². The Morgan fingerprint density at radius 2 is 2.10 bits per heavy atom. The molecular weight excluding hydrogens is 293 g/mol. The first-order valence-corrected chi connectivity index (χ1v) is 5.53. The average molecular weight is 302 g/mol. The van der Waals surface area contributed by atoms with Crippen molar-refractivity contribution in [3.05, 3.63) is 24.0 Å². The van der Waals surface area contributed by atoms with Crippen LogP contribution in [0, 0.1) is 0 Å². The number of amides is 1. The monoisotopic (exact) mass is 302 g/mol. The van der Waals surface area contributed by atoms with Gasteiger partial charge in [-0.3, -0.25) is 4.98 Å². The van der Waals surface area contributed by atoms with E-state index in [4.69, 9.17) is 0 Å². The Morgan fingerprint density at radius 1 is 1.38 bits per heavy atom. The number of carbonyl (C=O) groups is 1. The molecule has 0 saturated carbocycles. The molecule has 0 aliphatic heterocycles. The third kappa shape index (κ3) is 3.27. The maximum absolute atomic E-state index is 12.8. The molecule has 0 aliphatic rings. The van der Waals surface area contributed by atoms with Crippen molar-refractivity contribution in [2.75, 3.05) is 14.1 Å². The van der Waals surface area contributed by atoms with Gasteiger partial charge in [0.25, 0.3) is 5.89 Å². The number of alkyl halides is 3. The van der Waals surface area contributed by atoms with Gasteiger partial charge in [0, 0.05) is 26.5 Å². The molecule has 0 N–H and O–H groups in total. The van der Waals surface area contributed by atoms with Crippen LogP contribution in [0.5, 0.6) is 6.01 Å². The van der Waals surface area contributed by atoms with E-state index in [9.17, 15) is 18.0 Å². The van der Waals surface area contributed by atoms with E-state index in [2.05, 4.69) is 24.4 Å². The number of nitrogens with zero attached hydrogens (tertiary/aromatic N) is 4. The number of carbonyl (C=O) groups excluding carboxylic acids is 1. The van der Waals surface area contributed by atoms with Gasteiger partial charge in [0.15, 0.2) is 0 Å². The van der Waals surface area contributed by atoms with Crippen molar-refractivity contribution in [3.63, 3.8) is 0 Å². The molecule has 7 nitrogen and oxygen atoms in total.